The van der Waals surface area contributed by atoms with E-state index in [1.54, 1.807) is 0 Å². The molecule has 0 aliphatic heterocycles. The summed E-state index contributed by atoms with van der Waals surface area (Å²) in [6, 6.07) is 8.89. The van der Waals surface area contributed by atoms with Crippen LogP contribution in [-0.4, -0.2) is 0 Å². The van der Waals surface area contributed by atoms with Gasteiger partial charge in [-0.05, 0) is 24.0 Å². The van der Waals surface area contributed by atoms with Crippen LogP contribution in [0.15, 0.2) is 24.3 Å². The van der Waals surface area contributed by atoms with Gasteiger partial charge in [-0.15, -0.1) is 5.92 Å². The fourth-order valence-corrected chi connectivity index (χ4v) is 1.59. The van der Waals surface area contributed by atoms with Crippen LogP contribution in [0.3, 0.4) is 0 Å². The molecule has 0 saturated carbocycles. The molecule has 0 bridgehead atoms. The third-order valence-corrected chi connectivity index (χ3v) is 2.50. The number of hydrogen-bond donors (Lipinski definition) is 0. The highest BCUT2D eigenvalue weighted by Gasteiger charge is 1.99. The molecule has 1 atom stereocenters. The van der Waals surface area contributed by atoms with Crippen LogP contribution in [0.1, 0.15) is 38.3 Å². The van der Waals surface area contributed by atoms with Gasteiger partial charge in [0.15, 0.2) is 0 Å². The minimum absolute atomic E-state index is 0.470. The summed E-state index contributed by atoms with van der Waals surface area (Å²) in [6.07, 6.45) is 3.14. The van der Waals surface area contributed by atoms with Crippen molar-refractivity contribution in [3.05, 3.63) is 35.4 Å². The predicted molar refractivity (Wildman–Crippen MR) is 66.8 cm³/mol. The topological polar surface area (TPSA) is 0 Å². The highest BCUT2D eigenvalue weighted by Crippen LogP contribution is 2.10. The average molecular weight is 200 g/mol. The molecule has 0 aliphatic rings. The van der Waals surface area contributed by atoms with E-state index in [2.05, 4.69) is 56.9 Å². The highest BCUT2D eigenvalue weighted by atomic mass is 14.0. The zero-order valence-electron chi connectivity index (χ0n) is 10.0. The van der Waals surface area contributed by atoms with E-state index in [4.69, 9.17) is 0 Å². The van der Waals surface area contributed by atoms with Crippen molar-refractivity contribution in [3.8, 4) is 11.8 Å². The molecule has 0 spiro atoms. The Balaban J connectivity index is 2.57. The summed E-state index contributed by atoms with van der Waals surface area (Å²) in [5.74, 6) is 6.87. The Kier molecular flexibility index (Phi) is 4.98. The largest absolute Gasteiger partial charge is 0.103 e. The van der Waals surface area contributed by atoms with Crippen LogP contribution in [-0.2, 0) is 12.8 Å². The molecule has 0 heteroatoms. The van der Waals surface area contributed by atoms with Gasteiger partial charge in [0.25, 0.3) is 0 Å². The fourth-order valence-electron chi connectivity index (χ4n) is 1.59. The molecule has 0 nitrogen and oxygen atoms in total. The molecule has 0 fully saturated rings. The van der Waals surface area contributed by atoms with E-state index in [9.17, 15) is 0 Å². The maximum atomic E-state index is 3.26. The van der Waals surface area contributed by atoms with E-state index >= 15 is 0 Å². The van der Waals surface area contributed by atoms with Crippen molar-refractivity contribution in [1.29, 1.82) is 0 Å². The summed E-state index contributed by atoms with van der Waals surface area (Å²) < 4.78 is 0. The van der Waals surface area contributed by atoms with Crippen molar-refractivity contribution < 1.29 is 0 Å². The molecule has 0 aromatic heterocycles. The molecule has 1 rings (SSSR count). The quantitative estimate of drug-likeness (QED) is 0.650. The molecule has 0 heterocycles. The van der Waals surface area contributed by atoms with E-state index in [1.165, 1.54) is 11.1 Å². The van der Waals surface area contributed by atoms with Gasteiger partial charge in [-0.25, -0.2) is 0 Å². The number of hydrogen-bond acceptors (Lipinski definition) is 0. The average Bonchev–Trinajstić information content (AvgIpc) is 2.27. The SMILES string of the molecule is CCC#CC(C)Cc1ccc(CC)cc1. The maximum absolute atomic E-state index is 3.26. The van der Waals surface area contributed by atoms with Crippen LogP contribution in [0.25, 0.3) is 0 Å². The second-order valence-electron chi connectivity index (χ2n) is 3.95. The van der Waals surface area contributed by atoms with Gasteiger partial charge in [0.2, 0.25) is 0 Å². The van der Waals surface area contributed by atoms with E-state index in [0.717, 1.165) is 19.3 Å². The Hall–Kier alpha value is -1.22. The third kappa shape index (κ3) is 4.21. The van der Waals surface area contributed by atoms with Crippen molar-refractivity contribution in [2.75, 3.05) is 0 Å². The van der Waals surface area contributed by atoms with Gasteiger partial charge >= 0.3 is 0 Å². The lowest BCUT2D eigenvalue weighted by Gasteiger charge is -2.05. The molecule has 0 N–H and O–H groups in total. The summed E-state index contributed by atoms with van der Waals surface area (Å²) in [4.78, 5) is 0. The van der Waals surface area contributed by atoms with Gasteiger partial charge in [-0.2, -0.15) is 0 Å². The molecule has 0 radical (unpaired) electrons. The Labute approximate surface area is 93.7 Å². The van der Waals surface area contributed by atoms with Crippen molar-refractivity contribution in [2.24, 2.45) is 5.92 Å². The second-order valence-corrected chi connectivity index (χ2v) is 3.95. The predicted octanol–water partition coefficient (Wildman–Crippen LogP) is 3.84. The fraction of sp³-hybridized carbons (Fsp3) is 0.467. The summed E-state index contributed by atoms with van der Waals surface area (Å²) in [5, 5.41) is 0. The molecule has 80 valence electrons. The van der Waals surface area contributed by atoms with Gasteiger partial charge in [-0.1, -0.05) is 51.0 Å². The van der Waals surface area contributed by atoms with Crippen molar-refractivity contribution in [3.63, 3.8) is 0 Å². The first-order valence-corrected chi connectivity index (χ1v) is 5.82. The lowest BCUT2D eigenvalue weighted by atomic mass is 10.00. The zero-order chi connectivity index (χ0) is 11.1. The van der Waals surface area contributed by atoms with Gasteiger partial charge in [-0.3, -0.25) is 0 Å². The van der Waals surface area contributed by atoms with E-state index in [1.807, 2.05) is 0 Å². The third-order valence-electron chi connectivity index (χ3n) is 2.50. The monoisotopic (exact) mass is 200 g/mol. The molecule has 1 unspecified atom stereocenters. The minimum atomic E-state index is 0.470. The van der Waals surface area contributed by atoms with Gasteiger partial charge in [0.1, 0.15) is 0 Å². The maximum Gasteiger partial charge on any atom is 0.0214 e. The smallest absolute Gasteiger partial charge is 0.0214 e. The number of aryl methyl sites for hydroxylation is 1. The molecule has 0 aliphatic carbocycles. The molecular formula is C15H20. The molecule has 0 amide bonds. The standard InChI is InChI=1S/C15H20/c1-4-6-7-13(3)12-15-10-8-14(5-2)9-11-15/h8-11,13H,4-5,12H2,1-3H3. The van der Waals surface area contributed by atoms with Crippen LogP contribution in [0.5, 0.6) is 0 Å². The van der Waals surface area contributed by atoms with E-state index in [0.29, 0.717) is 5.92 Å². The summed E-state index contributed by atoms with van der Waals surface area (Å²) in [6.45, 7) is 6.47. The first-order valence-electron chi connectivity index (χ1n) is 5.82. The van der Waals surface area contributed by atoms with Crippen LogP contribution in [0.4, 0.5) is 0 Å². The van der Waals surface area contributed by atoms with Gasteiger partial charge in [0.05, 0.1) is 0 Å². The van der Waals surface area contributed by atoms with Crippen LogP contribution >= 0.6 is 0 Å². The molecule has 1 aromatic rings. The van der Waals surface area contributed by atoms with E-state index < -0.39 is 0 Å². The second kappa shape index (κ2) is 6.30. The Bertz CT molecular complexity index is 335. The van der Waals surface area contributed by atoms with Crippen molar-refractivity contribution >= 4 is 0 Å². The van der Waals surface area contributed by atoms with Gasteiger partial charge in [0, 0.05) is 12.3 Å². The van der Waals surface area contributed by atoms with Crippen molar-refractivity contribution in [1.82, 2.24) is 0 Å². The summed E-state index contributed by atoms with van der Waals surface area (Å²) in [7, 11) is 0. The Morgan fingerprint density at radius 3 is 2.20 bits per heavy atom. The Morgan fingerprint density at radius 1 is 1.07 bits per heavy atom. The lowest BCUT2D eigenvalue weighted by Crippen LogP contribution is -1.96. The zero-order valence-corrected chi connectivity index (χ0v) is 10.0. The Morgan fingerprint density at radius 2 is 1.67 bits per heavy atom. The first kappa shape index (κ1) is 11.9. The molecular weight excluding hydrogens is 180 g/mol. The van der Waals surface area contributed by atoms with Gasteiger partial charge < -0.3 is 0 Å². The summed E-state index contributed by atoms with van der Waals surface area (Å²) in [5.41, 5.74) is 2.80. The molecule has 15 heavy (non-hydrogen) atoms. The number of rotatable bonds is 3. The van der Waals surface area contributed by atoms with E-state index in [-0.39, 0.29) is 0 Å². The normalized spacial score (nSPS) is 11.7. The van der Waals surface area contributed by atoms with Crippen LogP contribution in [0, 0.1) is 17.8 Å². The van der Waals surface area contributed by atoms with Crippen molar-refractivity contribution in [2.45, 2.75) is 40.0 Å². The first-order chi connectivity index (χ1) is 7.26. The summed E-state index contributed by atoms with van der Waals surface area (Å²) >= 11 is 0. The molecule has 1 aromatic carbocycles. The lowest BCUT2D eigenvalue weighted by molar-refractivity contribution is 0.749. The highest BCUT2D eigenvalue weighted by molar-refractivity contribution is 5.23. The molecule has 0 saturated heterocycles. The van der Waals surface area contributed by atoms with Crippen LogP contribution < -0.4 is 0 Å². The minimum Gasteiger partial charge on any atom is -0.103 e. The number of benzene rings is 1. The van der Waals surface area contributed by atoms with Crippen LogP contribution in [0.2, 0.25) is 0 Å².